The molecular formula is C13H21N3S. The van der Waals surface area contributed by atoms with E-state index in [2.05, 4.69) is 27.1 Å². The van der Waals surface area contributed by atoms with Crippen LogP contribution < -0.4 is 11.1 Å². The van der Waals surface area contributed by atoms with Crippen molar-refractivity contribution in [2.45, 2.75) is 44.6 Å². The fourth-order valence-corrected chi connectivity index (χ4v) is 2.95. The van der Waals surface area contributed by atoms with Gasteiger partial charge in [0.25, 0.3) is 0 Å². The van der Waals surface area contributed by atoms with Crippen molar-refractivity contribution >= 4 is 17.3 Å². The summed E-state index contributed by atoms with van der Waals surface area (Å²) in [6.45, 7) is 0.780. The Balaban J connectivity index is 1.69. The summed E-state index contributed by atoms with van der Waals surface area (Å²) in [6.07, 6.45) is 7.46. The second kappa shape index (κ2) is 6.64. The molecule has 4 heteroatoms. The summed E-state index contributed by atoms with van der Waals surface area (Å²) in [4.78, 5) is 4.38. The highest BCUT2D eigenvalue weighted by molar-refractivity contribution is 7.07. The van der Waals surface area contributed by atoms with Crippen molar-refractivity contribution < 1.29 is 0 Å². The lowest BCUT2D eigenvalue weighted by atomic mass is 9.96. The lowest BCUT2D eigenvalue weighted by molar-refractivity contribution is 0.412. The fourth-order valence-electron chi connectivity index (χ4n) is 2.24. The number of hydrogen-bond donors (Lipinski definition) is 2. The molecule has 0 aliphatic heterocycles. The lowest BCUT2D eigenvalue weighted by Crippen LogP contribution is -2.41. The Labute approximate surface area is 107 Å². The number of nitrogens with two attached hydrogens (primary N) is 1. The molecule has 1 aromatic heterocycles. The number of thiophene rings is 1. The smallest absolute Gasteiger partial charge is 0.188 e. The van der Waals surface area contributed by atoms with Gasteiger partial charge in [-0.3, -0.25) is 4.99 Å². The second-order valence-electron chi connectivity index (χ2n) is 4.63. The summed E-state index contributed by atoms with van der Waals surface area (Å²) in [5.74, 6) is 0.618. The van der Waals surface area contributed by atoms with E-state index in [0.717, 1.165) is 13.0 Å². The van der Waals surface area contributed by atoms with Crippen LogP contribution in [-0.4, -0.2) is 18.5 Å². The summed E-state index contributed by atoms with van der Waals surface area (Å²) in [7, 11) is 0. The SMILES string of the molecule is NC(=NCCc1ccsc1)NC1CCCCC1. The summed E-state index contributed by atoms with van der Waals surface area (Å²) in [5, 5.41) is 7.60. The molecule has 1 saturated carbocycles. The highest BCUT2D eigenvalue weighted by atomic mass is 32.1. The summed E-state index contributed by atoms with van der Waals surface area (Å²) in [5.41, 5.74) is 7.24. The van der Waals surface area contributed by atoms with Crippen molar-refractivity contribution in [3.63, 3.8) is 0 Å². The third-order valence-electron chi connectivity index (χ3n) is 3.22. The number of rotatable bonds is 4. The average molecular weight is 251 g/mol. The van der Waals surface area contributed by atoms with Gasteiger partial charge in [0, 0.05) is 12.6 Å². The molecule has 0 atom stereocenters. The van der Waals surface area contributed by atoms with E-state index in [-0.39, 0.29) is 0 Å². The fraction of sp³-hybridized carbons (Fsp3) is 0.615. The Hall–Kier alpha value is -1.03. The van der Waals surface area contributed by atoms with E-state index in [9.17, 15) is 0 Å². The van der Waals surface area contributed by atoms with Crippen LogP contribution in [0.15, 0.2) is 21.8 Å². The first-order chi connectivity index (χ1) is 8.34. The van der Waals surface area contributed by atoms with Gasteiger partial charge < -0.3 is 11.1 Å². The molecule has 17 heavy (non-hydrogen) atoms. The van der Waals surface area contributed by atoms with E-state index in [1.807, 2.05) is 0 Å². The minimum atomic E-state index is 0.550. The lowest BCUT2D eigenvalue weighted by Gasteiger charge is -2.23. The number of hydrogen-bond acceptors (Lipinski definition) is 2. The van der Waals surface area contributed by atoms with Crippen molar-refractivity contribution in [3.05, 3.63) is 22.4 Å². The third-order valence-corrected chi connectivity index (χ3v) is 3.95. The van der Waals surface area contributed by atoms with Gasteiger partial charge in [-0.15, -0.1) is 0 Å². The molecule has 0 radical (unpaired) electrons. The first-order valence-corrected chi connectivity index (χ1v) is 7.36. The molecule has 1 heterocycles. The van der Waals surface area contributed by atoms with Crippen LogP contribution in [-0.2, 0) is 6.42 Å². The summed E-state index contributed by atoms with van der Waals surface area (Å²) < 4.78 is 0. The summed E-state index contributed by atoms with van der Waals surface area (Å²) in [6, 6.07) is 2.69. The maximum Gasteiger partial charge on any atom is 0.188 e. The highest BCUT2D eigenvalue weighted by Gasteiger charge is 2.12. The zero-order chi connectivity index (χ0) is 11.9. The molecule has 0 unspecified atom stereocenters. The Morgan fingerprint density at radius 1 is 1.41 bits per heavy atom. The van der Waals surface area contributed by atoms with Crippen LogP contribution in [0, 0.1) is 0 Å². The standard InChI is InChI=1S/C13H21N3S/c14-13(16-12-4-2-1-3-5-12)15-8-6-11-7-9-17-10-11/h7,9-10,12H,1-6,8H2,(H3,14,15,16). The molecule has 0 amide bonds. The van der Waals surface area contributed by atoms with Crippen LogP contribution in [0.2, 0.25) is 0 Å². The molecule has 1 aliphatic rings. The van der Waals surface area contributed by atoms with Gasteiger partial charge in [0.15, 0.2) is 5.96 Å². The molecular weight excluding hydrogens is 230 g/mol. The van der Waals surface area contributed by atoms with Gasteiger partial charge >= 0.3 is 0 Å². The van der Waals surface area contributed by atoms with E-state index in [1.165, 1.54) is 37.7 Å². The number of nitrogens with one attached hydrogen (secondary N) is 1. The largest absolute Gasteiger partial charge is 0.370 e. The zero-order valence-electron chi connectivity index (χ0n) is 10.2. The molecule has 1 aliphatic carbocycles. The second-order valence-corrected chi connectivity index (χ2v) is 5.41. The van der Waals surface area contributed by atoms with E-state index in [4.69, 9.17) is 5.73 Å². The van der Waals surface area contributed by atoms with Gasteiger partial charge in [-0.1, -0.05) is 19.3 Å². The molecule has 0 aromatic carbocycles. The average Bonchev–Trinajstić information content (AvgIpc) is 2.83. The van der Waals surface area contributed by atoms with Crippen LogP contribution >= 0.6 is 11.3 Å². The number of nitrogens with zero attached hydrogens (tertiary/aromatic N) is 1. The quantitative estimate of drug-likeness (QED) is 0.638. The van der Waals surface area contributed by atoms with Crippen molar-refractivity contribution in [1.82, 2.24) is 5.32 Å². The first kappa shape index (κ1) is 12.4. The van der Waals surface area contributed by atoms with Gasteiger partial charge in [0.2, 0.25) is 0 Å². The minimum absolute atomic E-state index is 0.550. The number of aliphatic imine (C=N–C) groups is 1. The topological polar surface area (TPSA) is 50.4 Å². The Morgan fingerprint density at radius 3 is 2.94 bits per heavy atom. The van der Waals surface area contributed by atoms with Crippen molar-refractivity contribution in [2.75, 3.05) is 6.54 Å². The van der Waals surface area contributed by atoms with Gasteiger partial charge in [-0.05, 0) is 41.7 Å². The molecule has 0 saturated heterocycles. The minimum Gasteiger partial charge on any atom is -0.370 e. The Morgan fingerprint density at radius 2 is 2.24 bits per heavy atom. The van der Waals surface area contributed by atoms with Crippen LogP contribution in [0.3, 0.4) is 0 Å². The molecule has 94 valence electrons. The van der Waals surface area contributed by atoms with Crippen molar-refractivity contribution in [3.8, 4) is 0 Å². The molecule has 0 bridgehead atoms. The predicted molar refractivity (Wildman–Crippen MR) is 74.5 cm³/mol. The predicted octanol–water partition coefficient (Wildman–Crippen LogP) is 2.53. The normalized spacial score (nSPS) is 18.2. The Bertz CT molecular complexity index is 340. The Kier molecular flexibility index (Phi) is 4.86. The van der Waals surface area contributed by atoms with E-state index in [1.54, 1.807) is 11.3 Å². The molecule has 2 rings (SSSR count). The highest BCUT2D eigenvalue weighted by Crippen LogP contribution is 2.17. The maximum atomic E-state index is 5.89. The molecule has 3 nitrogen and oxygen atoms in total. The molecule has 1 fully saturated rings. The van der Waals surface area contributed by atoms with E-state index in [0.29, 0.717) is 12.0 Å². The maximum absolute atomic E-state index is 5.89. The molecule has 1 aromatic rings. The van der Waals surface area contributed by atoms with Crippen LogP contribution in [0.25, 0.3) is 0 Å². The van der Waals surface area contributed by atoms with Crippen LogP contribution in [0.4, 0.5) is 0 Å². The third kappa shape index (κ3) is 4.38. The first-order valence-electron chi connectivity index (χ1n) is 6.42. The van der Waals surface area contributed by atoms with Gasteiger partial charge in [0.05, 0.1) is 0 Å². The molecule has 3 N–H and O–H groups in total. The summed E-state index contributed by atoms with van der Waals surface area (Å²) >= 11 is 1.73. The monoisotopic (exact) mass is 251 g/mol. The van der Waals surface area contributed by atoms with Gasteiger partial charge in [-0.25, -0.2) is 0 Å². The van der Waals surface area contributed by atoms with Crippen molar-refractivity contribution in [2.24, 2.45) is 10.7 Å². The van der Waals surface area contributed by atoms with Crippen molar-refractivity contribution in [1.29, 1.82) is 0 Å². The zero-order valence-corrected chi connectivity index (χ0v) is 11.0. The van der Waals surface area contributed by atoms with E-state index < -0.39 is 0 Å². The van der Waals surface area contributed by atoms with Crippen LogP contribution in [0.5, 0.6) is 0 Å². The van der Waals surface area contributed by atoms with Gasteiger partial charge in [0.1, 0.15) is 0 Å². The number of guanidine groups is 1. The van der Waals surface area contributed by atoms with E-state index >= 15 is 0 Å². The molecule has 0 spiro atoms. The van der Waals surface area contributed by atoms with Crippen LogP contribution in [0.1, 0.15) is 37.7 Å². The van der Waals surface area contributed by atoms with Gasteiger partial charge in [-0.2, -0.15) is 11.3 Å².